The molecule has 1 heterocycles. The SMILES string of the molecule is O[C@H](c1cccc2ccccc12)[C@@H]1CCCCN1. The van der Waals surface area contributed by atoms with Gasteiger partial charge in [0.1, 0.15) is 0 Å². The second-order valence-electron chi connectivity index (χ2n) is 5.07. The van der Waals surface area contributed by atoms with E-state index in [2.05, 4.69) is 23.5 Å². The maximum Gasteiger partial charge on any atom is 0.0948 e. The first-order valence-corrected chi connectivity index (χ1v) is 6.75. The zero-order chi connectivity index (χ0) is 12.4. The Balaban J connectivity index is 1.97. The molecule has 0 unspecified atom stereocenters. The van der Waals surface area contributed by atoms with Crippen molar-refractivity contribution >= 4 is 10.8 Å². The Kier molecular flexibility index (Phi) is 3.31. The Bertz CT molecular complexity index is 526. The average Bonchev–Trinajstić information content (AvgIpc) is 2.47. The fourth-order valence-corrected chi connectivity index (χ4v) is 2.87. The minimum Gasteiger partial charge on any atom is -0.387 e. The molecule has 2 nitrogen and oxygen atoms in total. The second-order valence-corrected chi connectivity index (χ2v) is 5.07. The predicted molar refractivity (Wildman–Crippen MR) is 74.5 cm³/mol. The van der Waals surface area contributed by atoms with Crippen molar-refractivity contribution in [1.82, 2.24) is 5.32 Å². The van der Waals surface area contributed by atoms with Gasteiger partial charge in [0.25, 0.3) is 0 Å². The Morgan fingerprint density at radius 1 is 1.06 bits per heavy atom. The summed E-state index contributed by atoms with van der Waals surface area (Å²) in [7, 11) is 0. The zero-order valence-corrected chi connectivity index (χ0v) is 10.5. The van der Waals surface area contributed by atoms with Crippen LogP contribution in [0.3, 0.4) is 0 Å². The predicted octanol–water partition coefficient (Wildman–Crippen LogP) is 3.02. The van der Waals surface area contributed by atoms with E-state index in [1.165, 1.54) is 23.6 Å². The van der Waals surface area contributed by atoms with Crippen LogP contribution in [0.5, 0.6) is 0 Å². The van der Waals surface area contributed by atoms with Crippen molar-refractivity contribution in [2.75, 3.05) is 6.54 Å². The number of aliphatic hydroxyl groups excluding tert-OH is 1. The zero-order valence-electron chi connectivity index (χ0n) is 10.5. The first kappa shape index (κ1) is 11.7. The molecule has 0 radical (unpaired) electrons. The molecule has 1 fully saturated rings. The number of nitrogens with one attached hydrogen (secondary N) is 1. The molecule has 0 amide bonds. The Morgan fingerprint density at radius 3 is 2.72 bits per heavy atom. The third-order valence-electron chi connectivity index (χ3n) is 3.87. The maximum absolute atomic E-state index is 10.6. The van der Waals surface area contributed by atoms with Crippen LogP contribution >= 0.6 is 0 Å². The molecule has 2 heteroatoms. The van der Waals surface area contributed by atoms with Gasteiger partial charge in [-0.25, -0.2) is 0 Å². The molecule has 18 heavy (non-hydrogen) atoms. The van der Waals surface area contributed by atoms with Gasteiger partial charge in [-0.15, -0.1) is 0 Å². The van der Waals surface area contributed by atoms with E-state index in [0.717, 1.165) is 18.5 Å². The van der Waals surface area contributed by atoms with E-state index < -0.39 is 6.10 Å². The molecular formula is C16H19NO. The summed E-state index contributed by atoms with van der Waals surface area (Å²) in [5.74, 6) is 0. The van der Waals surface area contributed by atoms with E-state index in [4.69, 9.17) is 0 Å². The number of benzene rings is 2. The number of aliphatic hydroxyl groups is 1. The van der Waals surface area contributed by atoms with Crippen molar-refractivity contribution in [2.45, 2.75) is 31.4 Å². The molecule has 1 saturated heterocycles. The van der Waals surface area contributed by atoms with Gasteiger partial charge in [-0.05, 0) is 35.7 Å². The third kappa shape index (κ3) is 2.14. The van der Waals surface area contributed by atoms with Gasteiger partial charge in [-0.3, -0.25) is 0 Å². The fourth-order valence-electron chi connectivity index (χ4n) is 2.87. The van der Waals surface area contributed by atoms with Gasteiger partial charge in [-0.2, -0.15) is 0 Å². The smallest absolute Gasteiger partial charge is 0.0948 e. The lowest BCUT2D eigenvalue weighted by molar-refractivity contribution is 0.115. The molecule has 2 N–H and O–H groups in total. The summed E-state index contributed by atoms with van der Waals surface area (Å²) in [6.45, 7) is 1.02. The molecule has 0 aliphatic carbocycles. The number of rotatable bonds is 2. The molecule has 2 atom stereocenters. The van der Waals surface area contributed by atoms with Crippen LogP contribution in [0.25, 0.3) is 10.8 Å². The summed E-state index contributed by atoms with van der Waals surface area (Å²) in [5, 5.41) is 16.4. The Hall–Kier alpha value is -1.38. The van der Waals surface area contributed by atoms with Gasteiger partial charge in [-0.1, -0.05) is 48.9 Å². The standard InChI is InChI=1S/C16H19NO/c18-16(15-10-3-4-11-17-15)14-9-5-7-12-6-1-2-8-13(12)14/h1-2,5-9,15-18H,3-4,10-11H2/t15-,16+/m0/s1. The van der Waals surface area contributed by atoms with Gasteiger partial charge >= 0.3 is 0 Å². The fraction of sp³-hybridized carbons (Fsp3) is 0.375. The van der Waals surface area contributed by atoms with Crippen molar-refractivity contribution in [3.8, 4) is 0 Å². The molecule has 0 spiro atoms. The highest BCUT2D eigenvalue weighted by atomic mass is 16.3. The van der Waals surface area contributed by atoms with Crippen molar-refractivity contribution in [3.63, 3.8) is 0 Å². The lowest BCUT2D eigenvalue weighted by Crippen LogP contribution is -2.38. The van der Waals surface area contributed by atoms with Crippen molar-refractivity contribution in [1.29, 1.82) is 0 Å². The summed E-state index contributed by atoms with van der Waals surface area (Å²) < 4.78 is 0. The van der Waals surface area contributed by atoms with E-state index in [1.54, 1.807) is 0 Å². The number of piperidine rings is 1. The molecule has 2 aromatic rings. The summed E-state index contributed by atoms with van der Waals surface area (Å²) in [6, 6.07) is 14.6. The van der Waals surface area contributed by atoms with E-state index in [9.17, 15) is 5.11 Å². The van der Waals surface area contributed by atoms with E-state index in [-0.39, 0.29) is 6.04 Å². The molecular weight excluding hydrogens is 222 g/mol. The van der Waals surface area contributed by atoms with Crippen LogP contribution in [0.15, 0.2) is 42.5 Å². The highest BCUT2D eigenvalue weighted by Crippen LogP contribution is 2.28. The molecule has 1 aliphatic rings. The van der Waals surface area contributed by atoms with Crippen LogP contribution in [0.1, 0.15) is 30.9 Å². The van der Waals surface area contributed by atoms with Gasteiger partial charge in [0.15, 0.2) is 0 Å². The van der Waals surface area contributed by atoms with Crippen LogP contribution in [-0.4, -0.2) is 17.7 Å². The molecule has 1 aliphatic heterocycles. The van der Waals surface area contributed by atoms with Crippen LogP contribution in [0, 0.1) is 0 Å². The van der Waals surface area contributed by atoms with E-state index in [0.29, 0.717) is 0 Å². The Labute approximate surface area is 108 Å². The van der Waals surface area contributed by atoms with Gasteiger partial charge < -0.3 is 10.4 Å². The summed E-state index contributed by atoms with van der Waals surface area (Å²) in [5.41, 5.74) is 1.05. The lowest BCUT2D eigenvalue weighted by Gasteiger charge is -2.28. The summed E-state index contributed by atoms with van der Waals surface area (Å²) in [6.07, 6.45) is 3.08. The topological polar surface area (TPSA) is 32.3 Å². The van der Waals surface area contributed by atoms with Crippen LogP contribution < -0.4 is 5.32 Å². The van der Waals surface area contributed by atoms with Gasteiger partial charge in [0.05, 0.1) is 6.10 Å². The number of hydrogen-bond donors (Lipinski definition) is 2. The van der Waals surface area contributed by atoms with Crippen LogP contribution in [-0.2, 0) is 0 Å². The molecule has 0 saturated carbocycles. The maximum atomic E-state index is 10.6. The van der Waals surface area contributed by atoms with E-state index in [1.807, 2.05) is 24.3 Å². The quantitative estimate of drug-likeness (QED) is 0.847. The first-order chi connectivity index (χ1) is 8.86. The van der Waals surface area contributed by atoms with Gasteiger partial charge in [0.2, 0.25) is 0 Å². The summed E-state index contributed by atoms with van der Waals surface area (Å²) in [4.78, 5) is 0. The van der Waals surface area contributed by atoms with E-state index >= 15 is 0 Å². The Morgan fingerprint density at radius 2 is 1.89 bits per heavy atom. The summed E-state index contributed by atoms with van der Waals surface area (Å²) >= 11 is 0. The minimum atomic E-state index is -0.406. The number of hydrogen-bond acceptors (Lipinski definition) is 2. The first-order valence-electron chi connectivity index (χ1n) is 6.75. The van der Waals surface area contributed by atoms with Crippen molar-refractivity contribution in [2.24, 2.45) is 0 Å². The molecule has 94 valence electrons. The van der Waals surface area contributed by atoms with Crippen LogP contribution in [0.4, 0.5) is 0 Å². The normalized spacial score (nSPS) is 21.9. The highest BCUT2D eigenvalue weighted by molar-refractivity contribution is 5.86. The molecule has 2 aromatic carbocycles. The molecule has 0 bridgehead atoms. The largest absolute Gasteiger partial charge is 0.387 e. The minimum absolute atomic E-state index is 0.199. The number of fused-ring (bicyclic) bond motifs is 1. The van der Waals surface area contributed by atoms with Crippen LogP contribution in [0.2, 0.25) is 0 Å². The monoisotopic (exact) mass is 241 g/mol. The lowest BCUT2D eigenvalue weighted by atomic mass is 9.92. The molecule has 0 aromatic heterocycles. The van der Waals surface area contributed by atoms with Gasteiger partial charge in [0, 0.05) is 6.04 Å². The average molecular weight is 241 g/mol. The third-order valence-corrected chi connectivity index (χ3v) is 3.87. The van der Waals surface area contributed by atoms with Crippen molar-refractivity contribution < 1.29 is 5.11 Å². The second kappa shape index (κ2) is 5.09. The highest BCUT2D eigenvalue weighted by Gasteiger charge is 2.23. The molecule has 3 rings (SSSR count). The van der Waals surface area contributed by atoms with Crippen molar-refractivity contribution in [3.05, 3.63) is 48.0 Å².